The molecule has 0 radical (unpaired) electrons. The fourth-order valence-electron chi connectivity index (χ4n) is 1.97. The van der Waals surface area contributed by atoms with Gasteiger partial charge in [0.2, 0.25) is 5.89 Å². The van der Waals surface area contributed by atoms with Crippen molar-refractivity contribution in [3.8, 4) is 16.5 Å². The monoisotopic (exact) mass is 334 g/mol. The molecule has 2 heterocycles. The lowest BCUT2D eigenvalue weighted by atomic mass is 10.3. The number of aromatic nitrogens is 1. The molecule has 8 heteroatoms. The van der Waals surface area contributed by atoms with Crippen molar-refractivity contribution in [3.05, 3.63) is 63.1 Å². The Morgan fingerprint density at radius 1 is 1.43 bits per heavy atom. The zero-order valence-corrected chi connectivity index (χ0v) is 12.8. The number of nitrogens with zero attached hydrogens (tertiary/aromatic N) is 2. The average molecular weight is 334 g/mol. The third-order valence-electron chi connectivity index (χ3n) is 3.11. The Kier molecular flexibility index (Phi) is 4.07. The minimum Gasteiger partial charge on any atom is -0.480 e. The van der Waals surface area contributed by atoms with E-state index in [1.807, 2.05) is 17.5 Å². The highest BCUT2D eigenvalue weighted by Crippen LogP contribution is 2.30. The van der Waals surface area contributed by atoms with Crippen LogP contribution in [-0.2, 0) is 6.61 Å². The van der Waals surface area contributed by atoms with Crippen LogP contribution in [0.15, 0.2) is 40.1 Å². The topological polar surface area (TPSA) is 78.4 Å². The number of halogens is 1. The minimum absolute atomic E-state index is 0.0506. The van der Waals surface area contributed by atoms with Gasteiger partial charge in [-0.3, -0.25) is 10.1 Å². The highest BCUT2D eigenvalue weighted by molar-refractivity contribution is 7.13. The van der Waals surface area contributed by atoms with Crippen LogP contribution in [-0.4, -0.2) is 9.91 Å². The van der Waals surface area contributed by atoms with E-state index in [1.165, 1.54) is 11.3 Å². The maximum Gasteiger partial charge on any atom is 0.311 e. The summed E-state index contributed by atoms with van der Waals surface area (Å²) in [6, 6.07) is 6.82. The summed E-state index contributed by atoms with van der Waals surface area (Å²) in [6.07, 6.45) is 0. The van der Waals surface area contributed by atoms with E-state index in [0.29, 0.717) is 17.3 Å². The van der Waals surface area contributed by atoms with Crippen molar-refractivity contribution < 1.29 is 18.5 Å². The summed E-state index contributed by atoms with van der Waals surface area (Å²) in [5, 5.41) is 12.8. The van der Waals surface area contributed by atoms with Crippen molar-refractivity contribution in [2.45, 2.75) is 13.5 Å². The second-order valence-electron chi connectivity index (χ2n) is 4.66. The molecule has 3 aromatic rings. The van der Waals surface area contributed by atoms with Crippen LogP contribution in [0.3, 0.4) is 0 Å². The number of thiophene rings is 1. The Labute approximate surface area is 134 Å². The molecule has 0 bridgehead atoms. The number of hydrogen-bond donors (Lipinski definition) is 0. The lowest BCUT2D eigenvalue weighted by Crippen LogP contribution is -2.01. The fourth-order valence-corrected chi connectivity index (χ4v) is 2.62. The molecule has 0 aliphatic carbocycles. The summed E-state index contributed by atoms with van der Waals surface area (Å²) in [5.41, 5.74) is 0.206. The first-order valence-corrected chi connectivity index (χ1v) is 7.49. The SMILES string of the molecule is Cc1oc(-c2cccs2)nc1COc1cc(F)ccc1[N+](=O)[O-]. The first-order chi connectivity index (χ1) is 11.0. The van der Waals surface area contributed by atoms with Crippen LogP contribution in [0.5, 0.6) is 5.75 Å². The molecule has 1 aromatic carbocycles. The van der Waals surface area contributed by atoms with E-state index in [9.17, 15) is 14.5 Å². The predicted molar refractivity (Wildman–Crippen MR) is 81.9 cm³/mol. The van der Waals surface area contributed by atoms with Crippen LogP contribution in [0.2, 0.25) is 0 Å². The molecule has 0 aliphatic rings. The molecule has 0 amide bonds. The average Bonchev–Trinajstić information content (AvgIpc) is 3.14. The predicted octanol–water partition coefficient (Wildman–Crippen LogP) is 4.34. The number of ether oxygens (including phenoxy) is 1. The van der Waals surface area contributed by atoms with Crippen LogP contribution < -0.4 is 4.74 Å². The summed E-state index contributed by atoms with van der Waals surface area (Å²) in [7, 11) is 0. The zero-order valence-electron chi connectivity index (χ0n) is 12.0. The van der Waals surface area contributed by atoms with Crippen LogP contribution in [0.1, 0.15) is 11.5 Å². The summed E-state index contributed by atoms with van der Waals surface area (Å²) < 4.78 is 24.2. The fraction of sp³-hybridized carbons (Fsp3) is 0.133. The minimum atomic E-state index is -0.624. The van der Waals surface area contributed by atoms with Crippen molar-refractivity contribution in [3.63, 3.8) is 0 Å². The van der Waals surface area contributed by atoms with Gasteiger partial charge in [-0.15, -0.1) is 11.3 Å². The highest BCUT2D eigenvalue weighted by atomic mass is 32.1. The zero-order chi connectivity index (χ0) is 16.4. The molecule has 0 saturated heterocycles. The first-order valence-electron chi connectivity index (χ1n) is 6.61. The third kappa shape index (κ3) is 3.21. The molecular weight excluding hydrogens is 323 g/mol. The lowest BCUT2D eigenvalue weighted by Gasteiger charge is -2.05. The molecule has 0 atom stereocenters. The van der Waals surface area contributed by atoms with Gasteiger partial charge in [0.1, 0.15) is 23.9 Å². The van der Waals surface area contributed by atoms with Crippen molar-refractivity contribution in [1.82, 2.24) is 4.98 Å². The van der Waals surface area contributed by atoms with E-state index in [4.69, 9.17) is 9.15 Å². The van der Waals surface area contributed by atoms with Gasteiger partial charge in [0, 0.05) is 12.1 Å². The number of oxazole rings is 1. The molecule has 0 unspecified atom stereocenters. The summed E-state index contributed by atoms with van der Waals surface area (Å²) in [6.45, 7) is 1.67. The number of hydrogen-bond acceptors (Lipinski definition) is 6. The number of nitro benzene ring substituents is 1. The van der Waals surface area contributed by atoms with Gasteiger partial charge in [-0.05, 0) is 24.4 Å². The molecule has 0 aliphatic heterocycles. The number of nitro groups is 1. The van der Waals surface area contributed by atoms with Crippen molar-refractivity contribution in [1.29, 1.82) is 0 Å². The quantitative estimate of drug-likeness (QED) is 0.512. The normalized spacial score (nSPS) is 10.7. The number of benzene rings is 1. The van der Waals surface area contributed by atoms with E-state index in [2.05, 4.69) is 4.98 Å². The van der Waals surface area contributed by atoms with E-state index in [-0.39, 0.29) is 18.0 Å². The molecule has 6 nitrogen and oxygen atoms in total. The molecule has 0 N–H and O–H groups in total. The van der Waals surface area contributed by atoms with Gasteiger partial charge in [-0.2, -0.15) is 0 Å². The smallest absolute Gasteiger partial charge is 0.311 e. The Bertz CT molecular complexity index is 845. The summed E-state index contributed by atoms with van der Waals surface area (Å²) in [5.74, 6) is 0.258. The third-order valence-corrected chi connectivity index (χ3v) is 3.97. The first kappa shape index (κ1) is 15.2. The van der Waals surface area contributed by atoms with Crippen LogP contribution in [0, 0.1) is 22.9 Å². The Hall–Kier alpha value is -2.74. The summed E-state index contributed by atoms with van der Waals surface area (Å²) in [4.78, 5) is 15.5. The largest absolute Gasteiger partial charge is 0.480 e. The lowest BCUT2D eigenvalue weighted by molar-refractivity contribution is -0.386. The Morgan fingerprint density at radius 3 is 2.96 bits per heavy atom. The van der Waals surface area contributed by atoms with Crippen LogP contribution in [0.4, 0.5) is 10.1 Å². The Balaban J connectivity index is 1.82. The number of rotatable bonds is 5. The van der Waals surface area contributed by atoms with Crippen molar-refractivity contribution >= 4 is 17.0 Å². The van der Waals surface area contributed by atoms with E-state index < -0.39 is 10.7 Å². The van der Waals surface area contributed by atoms with Gasteiger partial charge < -0.3 is 9.15 Å². The Morgan fingerprint density at radius 2 is 2.26 bits per heavy atom. The van der Waals surface area contributed by atoms with E-state index in [0.717, 1.165) is 23.1 Å². The molecule has 2 aromatic heterocycles. The van der Waals surface area contributed by atoms with Crippen molar-refractivity contribution in [2.24, 2.45) is 0 Å². The van der Waals surface area contributed by atoms with Gasteiger partial charge in [-0.25, -0.2) is 9.37 Å². The van der Waals surface area contributed by atoms with Gasteiger partial charge >= 0.3 is 5.69 Å². The van der Waals surface area contributed by atoms with Crippen molar-refractivity contribution in [2.75, 3.05) is 0 Å². The van der Waals surface area contributed by atoms with Gasteiger partial charge in [0.25, 0.3) is 0 Å². The van der Waals surface area contributed by atoms with Crippen LogP contribution >= 0.6 is 11.3 Å². The molecule has 118 valence electrons. The van der Waals surface area contributed by atoms with Gasteiger partial charge in [-0.1, -0.05) is 6.07 Å². The van der Waals surface area contributed by atoms with E-state index >= 15 is 0 Å². The molecule has 0 saturated carbocycles. The molecule has 23 heavy (non-hydrogen) atoms. The summed E-state index contributed by atoms with van der Waals surface area (Å²) >= 11 is 1.48. The van der Waals surface area contributed by atoms with Gasteiger partial charge in [0.15, 0.2) is 5.75 Å². The van der Waals surface area contributed by atoms with E-state index in [1.54, 1.807) is 6.92 Å². The number of aryl methyl sites for hydroxylation is 1. The van der Waals surface area contributed by atoms with Crippen LogP contribution in [0.25, 0.3) is 10.8 Å². The molecule has 0 fully saturated rings. The molecule has 3 rings (SSSR count). The highest BCUT2D eigenvalue weighted by Gasteiger charge is 2.18. The molecular formula is C15H11FN2O4S. The molecule has 0 spiro atoms. The second-order valence-corrected chi connectivity index (χ2v) is 5.60. The van der Waals surface area contributed by atoms with Gasteiger partial charge in [0.05, 0.1) is 9.80 Å². The maximum absolute atomic E-state index is 13.3. The second kappa shape index (κ2) is 6.17. The standard InChI is InChI=1S/C15H11FN2O4S/c1-9-11(17-15(22-9)14-3-2-6-23-14)8-21-13-7-10(16)4-5-12(13)18(19)20/h2-7H,8H2,1H3. The maximum atomic E-state index is 13.3.